The summed E-state index contributed by atoms with van der Waals surface area (Å²) in [5.41, 5.74) is 0. The fourth-order valence-corrected chi connectivity index (χ4v) is 6.10. The number of halogens is 1. The van der Waals surface area contributed by atoms with Crippen LogP contribution in [-0.2, 0) is 0 Å². The van der Waals surface area contributed by atoms with E-state index >= 15 is 0 Å². The van der Waals surface area contributed by atoms with Gasteiger partial charge < -0.3 is 4.98 Å². The fourth-order valence-electron chi connectivity index (χ4n) is 1.90. The summed E-state index contributed by atoms with van der Waals surface area (Å²) in [5.74, 6) is 0. The predicted octanol–water partition coefficient (Wildman–Crippen LogP) is 3.88. The second-order valence-corrected chi connectivity index (χ2v) is 12.1. The van der Waals surface area contributed by atoms with E-state index in [-0.39, 0.29) is 10.1 Å². The SMILES string of the molecule is CCN[Si](Cl)(C(C)(C)C)C(C)(C)C. The first-order valence-corrected chi connectivity index (χ1v) is 8.01. The van der Waals surface area contributed by atoms with Crippen LogP contribution in [0.15, 0.2) is 0 Å². The minimum absolute atomic E-state index is 0.183. The van der Waals surface area contributed by atoms with Gasteiger partial charge in [0.25, 0.3) is 0 Å². The van der Waals surface area contributed by atoms with Crippen LogP contribution in [0, 0.1) is 0 Å². The van der Waals surface area contributed by atoms with E-state index < -0.39 is 7.55 Å². The van der Waals surface area contributed by atoms with E-state index in [0.29, 0.717) is 0 Å². The average Bonchev–Trinajstić information content (AvgIpc) is 1.82. The molecule has 0 atom stereocenters. The first-order valence-electron chi connectivity index (χ1n) is 5.00. The lowest BCUT2D eigenvalue weighted by Gasteiger charge is -2.46. The summed E-state index contributed by atoms with van der Waals surface area (Å²) >= 11 is 6.82. The van der Waals surface area contributed by atoms with Crippen LogP contribution in [0.4, 0.5) is 0 Å². The van der Waals surface area contributed by atoms with E-state index in [1.165, 1.54) is 0 Å². The number of hydrogen-bond acceptors (Lipinski definition) is 1. The van der Waals surface area contributed by atoms with Crippen molar-refractivity contribution < 1.29 is 0 Å². The Morgan fingerprint density at radius 1 is 1.00 bits per heavy atom. The van der Waals surface area contributed by atoms with Gasteiger partial charge in [0.1, 0.15) is 0 Å². The maximum atomic E-state index is 6.82. The van der Waals surface area contributed by atoms with Gasteiger partial charge in [0.05, 0.1) is 0 Å². The van der Waals surface area contributed by atoms with Crippen LogP contribution in [0.5, 0.6) is 0 Å². The van der Waals surface area contributed by atoms with Crippen molar-refractivity contribution in [3.63, 3.8) is 0 Å². The first kappa shape index (κ1) is 13.5. The first-order chi connectivity index (χ1) is 5.56. The summed E-state index contributed by atoms with van der Waals surface area (Å²) in [6.45, 7) is 16.5. The van der Waals surface area contributed by atoms with E-state index in [1.807, 2.05) is 0 Å². The van der Waals surface area contributed by atoms with E-state index in [4.69, 9.17) is 11.1 Å². The highest BCUT2D eigenvalue weighted by Crippen LogP contribution is 2.51. The van der Waals surface area contributed by atoms with E-state index in [1.54, 1.807) is 0 Å². The minimum Gasteiger partial charge on any atom is -0.325 e. The molecule has 0 rings (SSSR count). The Bertz CT molecular complexity index is 153. The third-order valence-electron chi connectivity index (χ3n) is 2.49. The van der Waals surface area contributed by atoms with E-state index in [0.717, 1.165) is 6.54 Å². The third-order valence-corrected chi connectivity index (χ3v) is 11.3. The largest absolute Gasteiger partial charge is 0.325 e. The molecule has 0 saturated heterocycles. The lowest BCUT2D eigenvalue weighted by Crippen LogP contribution is -2.58. The van der Waals surface area contributed by atoms with Crippen molar-refractivity contribution >= 4 is 18.6 Å². The van der Waals surface area contributed by atoms with Crippen molar-refractivity contribution in [2.24, 2.45) is 0 Å². The Balaban J connectivity index is 4.96. The molecular formula is C10H24ClNSi. The van der Waals surface area contributed by atoms with Gasteiger partial charge in [-0.05, 0) is 16.6 Å². The maximum Gasteiger partial charge on any atom is 0.237 e. The highest BCUT2D eigenvalue weighted by atomic mass is 35.6. The molecule has 0 amide bonds. The summed E-state index contributed by atoms with van der Waals surface area (Å²) in [5, 5.41) is 0.367. The van der Waals surface area contributed by atoms with Gasteiger partial charge in [0.2, 0.25) is 7.55 Å². The Labute approximate surface area is 89.0 Å². The van der Waals surface area contributed by atoms with Crippen molar-refractivity contribution in [3.8, 4) is 0 Å². The highest BCUT2D eigenvalue weighted by Gasteiger charge is 2.52. The van der Waals surface area contributed by atoms with Gasteiger partial charge in [-0.2, -0.15) is 0 Å². The molecule has 3 heteroatoms. The van der Waals surface area contributed by atoms with Gasteiger partial charge in [-0.1, -0.05) is 48.5 Å². The second-order valence-electron chi connectivity index (χ2n) is 5.69. The van der Waals surface area contributed by atoms with Crippen LogP contribution < -0.4 is 4.98 Å². The molecule has 0 aromatic carbocycles. The van der Waals surface area contributed by atoms with Gasteiger partial charge in [0, 0.05) is 0 Å². The van der Waals surface area contributed by atoms with Gasteiger partial charge in [-0.25, -0.2) is 0 Å². The molecule has 0 aliphatic carbocycles. The van der Waals surface area contributed by atoms with Crippen LogP contribution in [0.3, 0.4) is 0 Å². The normalized spacial score (nSPS) is 14.8. The zero-order valence-electron chi connectivity index (χ0n) is 10.1. The molecule has 0 spiro atoms. The van der Waals surface area contributed by atoms with Crippen LogP contribution in [0.25, 0.3) is 0 Å². The summed E-state index contributed by atoms with van der Waals surface area (Å²) in [6.07, 6.45) is 0. The van der Waals surface area contributed by atoms with Crippen LogP contribution >= 0.6 is 11.1 Å². The predicted molar refractivity (Wildman–Crippen MR) is 64.7 cm³/mol. The molecular weight excluding hydrogens is 198 g/mol. The zero-order valence-corrected chi connectivity index (χ0v) is 11.8. The molecule has 1 nitrogen and oxygen atoms in total. The molecule has 0 unspecified atom stereocenters. The van der Waals surface area contributed by atoms with Crippen molar-refractivity contribution in [2.75, 3.05) is 6.54 Å². The van der Waals surface area contributed by atoms with Crippen molar-refractivity contribution in [1.29, 1.82) is 0 Å². The molecule has 80 valence electrons. The van der Waals surface area contributed by atoms with E-state index in [2.05, 4.69) is 53.4 Å². The van der Waals surface area contributed by atoms with Crippen molar-refractivity contribution in [3.05, 3.63) is 0 Å². The monoisotopic (exact) mass is 221 g/mol. The topological polar surface area (TPSA) is 12.0 Å². The number of nitrogens with one attached hydrogen (secondary N) is 1. The minimum atomic E-state index is -1.93. The van der Waals surface area contributed by atoms with Gasteiger partial charge in [-0.3, -0.25) is 0 Å². The lowest BCUT2D eigenvalue weighted by atomic mass is 10.2. The zero-order chi connectivity index (χ0) is 10.9. The average molecular weight is 222 g/mol. The Morgan fingerprint density at radius 3 is 1.38 bits per heavy atom. The molecule has 0 bridgehead atoms. The Morgan fingerprint density at radius 2 is 1.31 bits per heavy atom. The Kier molecular flexibility index (Phi) is 4.05. The number of rotatable bonds is 2. The molecule has 0 aromatic rings. The quantitative estimate of drug-likeness (QED) is 0.552. The summed E-state index contributed by atoms with van der Waals surface area (Å²) in [6, 6.07) is 0. The molecule has 0 aromatic heterocycles. The summed E-state index contributed by atoms with van der Waals surface area (Å²) in [7, 11) is -1.93. The third kappa shape index (κ3) is 2.71. The highest BCUT2D eigenvalue weighted by molar-refractivity contribution is 7.21. The standard InChI is InChI=1S/C10H24ClNSi/c1-8-12-13(11,9(2,3)4)10(5,6)7/h12H,8H2,1-7H3. The lowest BCUT2D eigenvalue weighted by molar-refractivity contribution is 0.604. The molecule has 0 aliphatic heterocycles. The van der Waals surface area contributed by atoms with Gasteiger partial charge >= 0.3 is 0 Å². The Hall–Kier alpha value is 0.467. The fraction of sp³-hybridized carbons (Fsp3) is 1.00. The second kappa shape index (κ2) is 3.91. The molecule has 0 saturated carbocycles. The molecule has 0 heterocycles. The maximum absolute atomic E-state index is 6.82. The van der Waals surface area contributed by atoms with Gasteiger partial charge in [-0.15, -0.1) is 11.1 Å². The van der Waals surface area contributed by atoms with Crippen molar-refractivity contribution in [1.82, 2.24) is 4.98 Å². The molecule has 0 aliphatic rings. The summed E-state index contributed by atoms with van der Waals surface area (Å²) in [4.78, 5) is 3.54. The van der Waals surface area contributed by atoms with Crippen LogP contribution in [0.2, 0.25) is 10.1 Å². The van der Waals surface area contributed by atoms with Crippen LogP contribution in [0.1, 0.15) is 48.5 Å². The van der Waals surface area contributed by atoms with Crippen molar-refractivity contribution in [2.45, 2.75) is 58.5 Å². The molecule has 0 radical (unpaired) electrons. The van der Waals surface area contributed by atoms with Crippen LogP contribution in [-0.4, -0.2) is 14.1 Å². The number of hydrogen-bond donors (Lipinski definition) is 1. The van der Waals surface area contributed by atoms with E-state index in [9.17, 15) is 0 Å². The smallest absolute Gasteiger partial charge is 0.237 e. The van der Waals surface area contributed by atoms with Gasteiger partial charge in [0.15, 0.2) is 0 Å². The summed E-state index contributed by atoms with van der Waals surface area (Å²) < 4.78 is 0. The molecule has 13 heavy (non-hydrogen) atoms. The molecule has 1 N–H and O–H groups in total. The molecule has 0 fully saturated rings.